The molecule has 0 aliphatic carbocycles. The van der Waals surface area contributed by atoms with Gasteiger partial charge in [0.1, 0.15) is 0 Å². The van der Waals surface area contributed by atoms with Crippen LogP contribution in [0, 0.1) is 0 Å². The van der Waals surface area contributed by atoms with E-state index in [1.807, 2.05) is 5.32 Å². The number of nitrogens with two attached hydrogens (primary N) is 1. The van der Waals surface area contributed by atoms with Crippen molar-refractivity contribution in [1.29, 1.82) is 0 Å². The van der Waals surface area contributed by atoms with Gasteiger partial charge in [0, 0.05) is 0 Å². The third-order valence-electron chi connectivity index (χ3n) is 1.18. The lowest BCUT2D eigenvalue weighted by Gasteiger charge is -2.03. The predicted molar refractivity (Wildman–Crippen MR) is 32.2 cm³/mol. The second kappa shape index (κ2) is 2.57. The van der Waals surface area contributed by atoms with Crippen molar-refractivity contribution >= 4 is 17.9 Å². The fourth-order valence-corrected chi connectivity index (χ4v) is 0.765. The topological polar surface area (TPSA) is 98.5 Å². The number of carbonyl (C=O) groups is 3. The maximum atomic E-state index is 10.7. The third kappa shape index (κ3) is 1.66. The molecule has 3 amide bonds. The summed E-state index contributed by atoms with van der Waals surface area (Å²) in [6.45, 7) is 0. The van der Waals surface area contributed by atoms with Gasteiger partial charge in [-0.25, -0.2) is 4.79 Å². The highest BCUT2D eigenvalue weighted by atomic mass is 16.6. The Labute approximate surface area is 61.7 Å². The average Bonchev–Trinajstić information content (AvgIpc) is 2.09. The molecule has 0 spiro atoms. The van der Waals surface area contributed by atoms with Gasteiger partial charge in [0.2, 0.25) is 5.91 Å². The molecule has 1 saturated heterocycles. The summed E-state index contributed by atoms with van der Waals surface area (Å²) in [7, 11) is 0. The lowest BCUT2D eigenvalue weighted by molar-refractivity contribution is -0.127. The Balaban J connectivity index is 2.53. The van der Waals surface area contributed by atoms with Crippen LogP contribution in [0.5, 0.6) is 0 Å². The van der Waals surface area contributed by atoms with Crippen LogP contribution >= 0.6 is 0 Å². The summed E-state index contributed by atoms with van der Waals surface area (Å²) in [6.07, 6.45) is -2.23. The Kier molecular flexibility index (Phi) is 1.75. The maximum Gasteiger partial charge on any atom is 0.405 e. The summed E-state index contributed by atoms with van der Waals surface area (Å²) in [5, 5.41) is 1.96. The molecule has 0 aromatic heterocycles. The van der Waals surface area contributed by atoms with E-state index in [-0.39, 0.29) is 6.42 Å². The molecule has 11 heavy (non-hydrogen) atoms. The number of amides is 3. The van der Waals surface area contributed by atoms with E-state index in [0.29, 0.717) is 0 Å². The number of ether oxygens (including phenoxy) is 1. The van der Waals surface area contributed by atoms with Gasteiger partial charge in [0.05, 0.1) is 6.42 Å². The second-order valence-electron chi connectivity index (χ2n) is 2.04. The van der Waals surface area contributed by atoms with Gasteiger partial charge >= 0.3 is 6.09 Å². The second-order valence-corrected chi connectivity index (χ2v) is 2.04. The van der Waals surface area contributed by atoms with E-state index in [9.17, 15) is 14.4 Å². The first-order chi connectivity index (χ1) is 5.09. The number of primary amides is 1. The van der Waals surface area contributed by atoms with Crippen LogP contribution in [0.25, 0.3) is 0 Å². The Morgan fingerprint density at radius 1 is 1.64 bits per heavy atom. The van der Waals surface area contributed by atoms with E-state index >= 15 is 0 Å². The van der Waals surface area contributed by atoms with Crippen LogP contribution in [0.15, 0.2) is 0 Å². The summed E-state index contributed by atoms with van der Waals surface area (Å²) in [5.41, 5.74) is 4.63. The molecule has 1 aliphatic heterocycles. The number of carbonyl (C=O) groups excluding carboxylic acids is 3. The number of hydrogen-bond acceptors (Lipinski definition) is 4. The first-order valence-corrected chi connectivity index (χ1v) is 2.89. The zero-order valence-corrected chi connectivity index (χ0v) is 5.49. The normalized spacial score (nSPS) is 23.1. The Morgan fingerprint density at radius 3 is 2.64 bits per heavy atom. The highest BCUT2D eigenvalue weighted by Crippen LogP contribution is 2.05. The highest BCUT2D eigenvalue weighted by Gasteiger charge is 2.33. The zero-order valence-electron chi connectivity index (χ0n) is 5.49. The van der Waals surface area contributed by atoms with Gasteiger partial charge in [0.25, 0.3) is 5.91 Å². The molecule has 1 aliphatic rings. The van der Waals surface area contributed by atoms with E-state index in [0.717, 1.165) is 0 Å². The van der Waals surface area contributed by atoms with Crippen molar-refractivity contribution in [3.63, 3.8) is 0 Å². The van der Waals surface area contributed by atoms with Gasteiger partial charge in [-0.2, -0.15) is 0 Å². The van der Waals surface area contributed by atoms with Gasteiger partial charge < -0.3 is 10.5 Å². The Morgan fingerprint density at radius 2 is 2.27 bits per heavy atom. The molecule has 6 nitrogen and oxygen atoms in total. The van der Waals surface area contributed by atoms with E-state index < -0.39 is 24.0 Å². The number of imide groups is 1. The van der Waals surface area contributed by atoms with Crippen molar-refractivity contribution in [3.05, 3.63) is 0 Å². The lowest BCUT2D eigenvalue weighted by atomic mass is 10.3. The van der Waals surface area contributed by atoms with Crippen molar-refractivity contribution < 1.29 is 19.1 Å². The van der Waals surface area contributed by atoms with Gasteiger partial charge in [-0.3, -0.25) is 14.9 Å². The largest absolute Gasteiger partial charge is 0.436 e. The zero-order chi connectivity index (χ0) is 8.43. The van der Waals surface area contributed by atoms with Gasteiger partial charge in [-0.15, -0.1) is 0 Å². The molecule has 0 aromatic carbocycles. The summed E-state index contributed by atoms with van der Waals surface area (Å²) >= 11 is 0. The molecule has 0 radical (unpaired) electrons. The molecule has 0 bridgehead atoms. The Bertz CT molecular complexity index is 225. The lowest BCUT2D eigenvalue weighted by Crippen LogP contribution is -2.30. The van der Waals surface area contributed by atoms with Crippen molar-refractivity contribution in [2.24, 2.45) is 5.73 Å². The minimum absolute atomic E-state index is 0.137. The quantitative estimate of drug-likeness (QED) is 0.453. The monoisotopic (exact) mass is 158 g/mol. The standard InChI is InChI=1S/C5H6N2O4/c6-5(10)11-2-1-3(8)7-4(2)9/h2H,1H2,(H2,6,10)(H,7,8,9). The minimum atomic E-state index is -1.06. The van der Waals surface area contributed by atoms with Crippen LogP contribution in [0.2, 0.25) is 0 Å². The summed E-state index contributed by atoms with van der Waals surface area (Å²) in [6, 6.07) is 0. The molecule has 1 fully saturated rings. The summed E-state index contributed by atoms with van der Waals surface area (Å²) < 4.78 is 4.30. The third-order valence-corrected chi connectivity index (χ3v) is 1.18. The predicted octanol–water partition coefficient (Wildman–Crippen LogP) is -1.50. The molecule has 1 atom stereocenters. The molecule has 6 heteroatoms. The highest BCUT2D eigenvalue weighted by molar-refractivity contribution is 6.05. The fourth-order valence-electron chi connectivity index (χ4n) is 0.765. The minimum Gasteiger partial charge on any atom is -0.436 e. The maximum absolute atomic E-state index is 10.7. The fraction of sp³-hybridized carbons (Fsp3) is 0.400. The molecule has 3 N–H and O–H groups in total. The average molecular weight is 158 g/mol. The SMILES string of the molecule is NC(=O)OC1CC(=O)NC1=O. The van der Waals surface area contributed by atoms with Crippen molar-refractivity contribution in [2.45, 2.75) is 12.5 Å². The summed E-state index contributed by atoms with van der Waals surface area (Å²) in [5.74, 6) is -1.07. The molecule has 0 saturated carbocycles. The first-order valence-electron chi connectivity index (χ1n) is 2.89. The van der Waals surface area contributed by atoms with Crippen LogP contribution in [-0.4, -0.2) is 24.0 Å². The molecular formula is C5H6N2O4. The number of nitrogens with one attached hydrogen (secondary N) is 1. The Hall–Kier alpha value is -1.59. The number of hydrogen-bond donors (Lipinski definition) is 2. The van der Waals surface area contributed by atoms with Crippen LogP contribution in [0.3, 0.4) is 0 Å². The van der Waals surface area contributed by atoms with Crippen molar-refractivity contribution in [2.75, 3.05) is 0 Å². The molecule has 1 heterocycles. The van der Waals surface area contributed by atoms with Crippen LogP contribution in [0.1, 0.15) is 6.42 Å². The van der Waals surface area contributed by atoms with E-state index in [4.69, 9.17) is 0 Å². The molecular weight excluding hydrogens is 152 g/mol. The van der Waals surface area contributed by atoms with Crippen molar-refractivity contribution in [3.8, 4) is 0 Å². The smallest absolute Gasteiger partial charge is 0.405 e. The van der Waals surface area contributed by atoms with E-state index in [2.05, 4.69) is 10.5 Å². The van der Waals surface area contributed by atoms with Gasteiger partial charge in [-0.05, 0) is 0 Å². The van der Waals surface area contributed by atoms with Crippen molar-refractivity contribution in [1.82, 2.24) is 5.32 Å². The molecule has 60 valence electrons. The summed E-state index contributed by atoms with van der Waals surface area (Å²) in [4.78, 5) is 31.3. The van der Waals surface area contributed by atoms with E-state index in [1.165, 1.54) is 0 Å². The van der Waals surface area contributed by atoms with Gasteiger partial charge in [0.15, 0.2) is 6.10 Å². The van der Waals surface area contributed by atoms with Crippen LogP contribution in [0.4, 0.5) is 4.79 Å². The molecule has 1 unspecified atom stereocenters. The number of rotatable bonds is 1. The van der Waals surface area contributed by atoms with E-state index in [1.54, 1.807) is 0 Å². The van der Waals surface area contributed by atoms with Gasteiger partial charge in [-0.1, -0.05) is 0 Å². The molecule has 0 aromatic rings. The van der Waals surface area contributed by atoms with Crippen LogP contribution in [-0.2, 0) is 14.3 Å². The molecule has 1 rings (SSSR count). The first kappa shape index (κ1) is 7.52. The van der Waals surface area contributed by atoms with Crippen LogP contribution < -0.4 is 11.1 Å².